The van der Waals surface area contributed by atoms with Crippen LogP contribution in [-0.2, 0) is 6.54 Å². The molecule has 0 aromatic carbocycles. The molecule has 0 fully saturated rings. The molecule has 1 aromatic rings. The normalized spacial score (nSPS) is 13.1. The summed E-state index contributed by atoms with van der Waals surface area (Å²) >= 11 is 0. The summed E-state index contributed by atoms with van der Waals surface area (Å²) in [5.41, 5.74) is 0.947. The van der Waals surface area contributed by atoms with E-state index >= 15 is 0 Å². The largest absolute Gasteiger partial charge is 0.360 e. The minimum atomic E-state index is 0.556. The Morgan fingerprint density at radius 3 is 2.93 bits per heavy atom. The van der Waals surface area contributed by atoms with Crippen molar-refractivity contribution < 1.29 is 4.52 Å². The SMILES string of the molecule is CCCCC(C)NCc1cc(C)no1. The molecule has 1 heterocycles. The summed E-state index contributed by atoms with van der Waals surface area (Å²) in [6, 6.07) is 2.53. The molecular formula is C11H20N2O. The van der Waals surface area contributed by atoms with Crippen molar-refractivity contribution in [3.8, 4) is 0 Å². The third-order valence-corrected chi connectivity index (χ3v) is 2.29. The topological polar surface area (TPSA) is 38.1 Å². The molecule has 0 aliphatic rings. The Morgan fingerprint density at radius 2 is 2.36 bits per heavy atom. The van der Waals surface area contributed by atoms with E-state index < -0.39 is 0 Å². The van der Waals surface area contributed by atoms with Crippen LogP contribution in [-0.4, -0.2) is 11.2 Å². The van der Waals surface area contributed by atoms with Gasteiger partial charge >= 0.3 is 0 Å². The number of unbranched alkanes of at least 4 members (excludes halogenated alkanes) is 1. The van der Waals surface area contributed by atoms with Crippen LogP contribution in [0.3, 0.4) is 0 Å². The van der Waals surface area contributed by atoms with Gasteiger partial charge < -0.3 is 9.84 Å². The van der Waals surface area contributed by atoms with E-state index in [1.807, 2.05) is 13.0 Å². The lowest BCUT2D eigenvalue weighted by Gasteiger charge is -2.11. The number of rotatable bonds is 6. The van der Waals surface area contributed by atoms with Gasteiger partial charge in [0.25, 0.3) is 0 Å². The van der Waals surface area contributed by atoms with E-state index in [4.69, 9.17) is 4.52 Å². The molecule has 1 atom stereocenters. The van der Waals surface area contributed by atoms with Crippen LogP contribution in [0, 0.1) is 6.92 Å². The fourth-order valence-corrected chi connectivity index (χ4v) is 1.39. The highest BCUT2D eigenvalue weighted by atomic mass is 16.5. The van der Waals surface area contributed by atoms with Crippen LogP contribution in [0.15, 0.2) is 10.6 Å². The summed E-state index contributed by atoms with van der Waals surface area (Å²) in [5, 5.41) is 7.26. The van der Waals surface area contributed by atoms with E-state index in [0.717, 1.165) is 18.0 Å². The molecule has 0 bridgehead atoms. The maximum atomic E-state index is 5.11. The fourth-order valence-electron chi connectivity index (χ4n) is 1.39. The van der Waals surface area contributed by atoms with Crippen molar-refractivity contribution in [2.75, 3.05) is 0 Å². The number of hydrogen-bond acceptors (Lipinski definition) is 3. The summed E-state index contributed by atoms with van der Waals surface area (Å²) in [6.45, 7) is 7.14. The van der Waals surface area contributed by atoms with Crippen molar-refractivity contribution in [2.45, 2.75) is 52.6 Å². The fraction of sp³-hybridized carbons (Fsp3) is 0.727. The van der Waals surface area contributed by atoms with Gasteiger partial charge in [0.05, 0.1) is 12.2 Å². The van der Waals surface area contributed by atoms with Crippen LogP contribution >= 0.6 is 0 Å². The highest BCUT2D eigenvalue weighted by Gasteiger charge is 2.03. The first-order valence-corrected chi connectivity index (χ1v) is 5.38. The molecule has 0 spiro atoms. The Bertz CT molecular complexity index is 258. The molecule has 0 aliphatic carbocycles. The van der Waals surface area contributed by atoms with Crippen molar-refractivity contribution in [3.05, 3.63) is 17.5 Å². The van der Waals surface area contributed by atoms with E-state index in [1.54, 1.807) is 0 Å². The Kier molecular flexibility index (Phi) is 4.66. The third kappa shape index (κ3) is 3.92. The zero-order chi connectivity index (χ0) is 10.4. The first-order chi connectivity index (χ1) is 6.72. The lowest BCUT2D eigenvalue weighted by Crippen LogP contribution is -2.24. The Hall–Kier alpha value is -0.830. The molecule has 1 unspecified atom stereocenters. The first-order valence-electron chi connectivity index (χ1n) is 5.38. The van der Waals surface area contributed by atoms with Gasteiger partial charge in [-0.15, -0.1) is 0 Å². The molecule has 0 radical (unpaired) electrons. The summed E-state index contributed by atoms with van der Waals surface area (Å²) in [7, 11) is 0. The van der Waals surface area contributed by atoms with Gasteiger partial charge in [-0.3, -0.25) is 0 Å². The minimum absolute atomic E-state index is 0.556. The molecule has 80 valence electrons. The highest BCUT2D eigenvalue weighted by Crippen LogP contribution is 2.04. The molecule has 1 rings (SSSR count). The van der Waals surface area contributed by atoms with Crippen LogP contribution in [0.5, 0.6) is 0 Å². The predicted molar refractivity (Wildman–Crippen MR) is 57.1 cm³/mol. The summed E-state index contributed by atoms with van der Waals surface area (Å²) < 4.78 is 5.11. The van der Waals surface area contributed by atoms with E-state index in [9.17, 15) is 0 Å². The van der Waals surface area contributed by atoms with Crippen LogP contribution < -0.4 is 5.32 Å². The molecule has 0 amide bonds. The van der Waals surface area contributed by atoms with Crippen LogP contribution in [0.25, 0.3) is 0 Å². The zero-order valence-corrected chi connectivity index (χ0v) is 9.34. The summed E-state index contributed by atoms with van der Waals surface area (Å²) in [6.07, 6.45) is 3.76. The number of aryl methyl sites for hydroxylation is 1. The monoisotopic (exact) mass is 196 g/mol. The van der Waals surface area contributed by atoms with E-state index in [-0.39, 0.29) is 0 Å². The Morgan fingerprint density at radius 1 is 1.57 bits per heavy atom. The summed E-state index contributed by atoms with van der Waals surface area (Å²) in [4.78, 5) is 0. The molecular weight excluding hydrogens is 176 g/mol. The number of nitrogens with zero attached hydrogens (tertiary/aromatic N) is 1. The highest BCUT2D eigenvalue weighted by molar-refractivity contribution is 5.02. The average Bonchev–Trinajstić information content (AvgIpc) is 2.58. The average molecular weight is 196 g/mol. The van der Waals surface area contributed by atoms with Crippen LogP contribution in [0.1, 0.15) is 44.6 Å². The second-order valence-electron chi connectivity index (χ2n) is 3.86. The summed E-state index contributed by atoms with van der Waals surface area (Å²) in [5.74, 6) is 0.922. The van der Waals surface area contributed by atoms with Crippen molar-refractivity contribution in [1.29, 1.82) is 0 Å². The molecule has 0 saturated heterocycles. The van der Waals surface area contributed by atoms with Gasteiger partial charge in [-0.2, -0.15) is 0 Å². The number of nitrogens with one attached hydrogen (secondary N) is 1. The quantitative estimate of drug-likeness (QED) is 0.760. The molecule has 0 aliphatic heterocycles. The third-order valence-electron chi connectivity index (χ3n) is 2.29. The molecule has 1 aromatic heterocycles. The van der Waals surface area contributed by atoms with Crippen molar-refractivity contribution in [2.24, 2.45) is 0 Å². The van der Waals surface area contributed by atoms with E-state index in [0.29, 0.717) is 6.04 Å². The van der Waals surface area contributed by atoms with Gasteiger partial charge in [-0.1, -0.05) is 24.9 Å². The standard InChI is InChI=1S/C11H20N2O/c1-4-5-6-9(2)12-8-11-7-10(3)13-14-11/h7,9,12H,4-6,8H2,1-3H3. The van der Waals surface area contributed by atoms with Crippen molar-refractivity contribution in [3.63, 3.8) is 0 Å². The van der Waals surface area contributed by atoms with Gasteiger partial charge in [0.2, 0.25) is 0 Å². The predicted octanol–water partition coefficient (Wildman–Crippen LogP) is 2.65. The van der Waals surface area contributed by atoms with Crippen molar-refractivity contribution in [1.82, 2.24) is 10.5 Å². The maximum Gasteiger partial charge on any atom is 0.150 e. The lowest BCUT2D eigenvalue weighted by molar-refractivity contribution is 0.358. The number of aromatic nitrogens is 1. The van der Waals surface area contributed by atoms with Gasteiger partial charge in [-0.25, -0.2) is 0 Å². The minimum Gasteiger partial charge on any atom is -0.360 e. The molecule has 0 saturated carbocycles. The maximum absolute atomic E-state index is 5.11. The van der Waals surface area contributed by atoms with E-state index in [1.165, 1.54) is 19.3 Å². The molecule has 1 N–H and O–H groups in total. The smallest absolute Gasteiger partial charge is 0.150 e. The number of hydrogen-bond donors (Lipinski definition) is 1. The Labute approximate surface area is 85.9 Å². The second-order valence-corrected chi connectivity index (χ2v) is 3.86. The van der Waals surface area contributed by atoms with E-state index in [2.05, 4.69) is 24.3 Å². The Balaban J connectivity index is 2.20. The van der Waals surface area contributed by atoms with Gasteiger partial charge in [0.1, 0.15) is 0 Å². The van der Waals surface area contributed by atoms with Gasteiger partial charge in [-0.05, 0) is 20.3 Å². The molecule has 3 heteroatoms. The first kappa shape index (κ1) is 11.2. The zero-order valence-electron chi connectivity index (χ0n) is 9.34. The van der Waals surface area contributed by atoms with Crippen molar-refractivity contribution >= 4 is 0 Å². The van der Waals surface area contributed by atoms with Gasteiger partial charge in [0, 0.05) is 12.1 Å². The lowest BCUT2D eigenvalue weighted by atomic mass is 10.1. The van der Waals surface area contributed by atoms with Crippen LogP contribution in [0.2, 0.25) is 0 Å². The molecule has 14 heavy (non-hydrogen) atoms. The second kappa shape index (κ2) is 5.81. The molecule has 3 nitrogen and oxygen atoms in total. The van der Waals surface area contributed by atoms with Gasteiger partial charge in [0.15, 0.2) is 5.76 Å². The van der Waals surface area contributed by atoms with Crippen LogP contribution in [0.4, 0.5) is 0 Å².